The van der Waals surface area contributed by atoms with Gasteiger partial charge in [0.1, 0.15) is 12.4 Å². The van der Waals surface area contributed by atoms with Gasteiger partial charge in [-0.15, -0.1) is 0 Å². The Hall–Kier alpha value is -2.63. The molecule has 0 spiro atoms. The van der Waals surface area contributed by atoms with E-state index in [4.69, 9.17) is 4.74 Å². The largest absolute Gasteiger partial charge is 0.490 e. The van der Waals surface area contributed by atoms with E-state index in [-0.39, 0.29) is 0 Å². The Bertz CT molecular complexity index is 495. The maximum absolute atomic E-state index is 11.2. The molecule has 0 aliphatic carbocycles. The van der Waals surface area contributed by atoms with Crippen LogP contribution >= 0.6 is 0 Å². The van der Waals surface area contributed by atoms with Crippen molar-refractivity contribution < 1.29 is 14.3 Å². The van der Waals surface area contributed by atoms with Crippen LogP contribution < -0.4 is 15.5 Å². The van der Waals surface area contributed by atoms with Crippen LogP contribution in [0.15, 0.2) is 42.0 Å². The molecule has 0 aliphatic rings. The fraction of sp³-hybridized carbons (Fsp3) is 0.214. The zero-order valence-corrected chi connectivity index (χ0v) is 11.3. The molecule has 1 aromatic rings. The molecule has 0 unspecified atom stereocenters. The fourth-order valence-electron chi connectivity index (χ4n) is 1.26. The molecule has 6 heteroatoms. The Morgan fingerprint density at radius 3 is 2.60 bits per heavy atom. The van der Waals surface area contributed by atoms with E-state index in [1.807, 2.05) is 0 Å². The van der Waals surface area contributed by atoms with Crippen LogP contribution in [-0.2, 0) is 9.59 Å². The van der Waals surface area contributed by atoms with E-state index in [0.717, 1.165) is 5.56 Å². The van der Waals surface area contributed by atoms with Gasteiger partial charge in [-0.2, -0.15) is 5.10 Å². The summed E-state index contributed by atoms with van der Waals surface area (Å²) in [6.45, 7) is 6.12. The average molecular weight is 275 g/mol. The number of likely N-dealkylation sites (N-methyl/N-ethyl adjacent to an activating group) is 1. The number of hydrogen-bond acceptors (Lipinski definition) is 4. The smallest absolute Gasteiger partial charge is 0.329 e. The molecule has 0 bridgehead atoms. The van der Waals surface area contributed by atoms with Gasteiger partial charge >= 0.3 is 11.8 Å². The highest BCUT2D eigenvalue weighted by atomic mass is 16.5. The second kappa shape index (κ2) is 8.47. The number of nitrogens with zero attached hydrogens (tertiary/aromatic N) is 1. The molecule has 0 fully saturated rings. The van der Waals surface area contributed by atoms with Crippen molar-refractivity contribution in [3.63, 3.8) is 0 Å². The van der Waals surface area contributed by atoms with E-state index in [1.54, 1.807) is 37.3 Å². The molecule has 0 saturated carbocycles. The van der Waals surface area contributed by atoms with Crippen LogP contribution in [0.5, 0.6) is 5.75 Å². The monoisotopic (exact) mass is 275 g/mol. The Morgan fingerprint density at radius 1 is 1.30 bits per heavy atom. The van der Waals surface area contributed by atoms with Crippen molar-refractivity contribution in [2.45, 2.75) is 6.92 Å². The van der Waals surface area contributed by atoms with Crippen LogP contribution in [0.3, 0.4) is 0 Å². The number of rotatable bonds is 6. The molecule has 20 heavy (non-hydrogen) atoms. The molecule has 1 aromatic carbocycles. The molecular formula is C14H17N3O3. The number of carbonyl (C=O) groups excluding carboxylic acids is 2. The third-order valence-electron chi connectivity index (χ3n) is 2.17. The van der Waals surface area contributed by atoms with Crippen molar-refractivity contribution in [2.75, 3.05) is 13.2 Å². The molecule has 6 nitrogen and oxygen atoms in total. The van der Waals surface area contributed by atoms with Gasteiger partial charge in [-0.3, -0.25) is 9.59 Å². The zero-order chi connectivity index (χ0) is 14.8. The van der Waals surface area contributed by atoms with E-state index < -0.39 is 11.8 Å². The molecule has 2 amide bonds. The minimum atomic E-state index is -0.797. The summed E-state index contributed by atoms with van der Waals surface area (Å²) < 4.78 is 5.33. The Labute approximate surface area is 117 Å². The van der Waals surface area contributed by atoms with Crippen LogP contribution in [0.25, 0.3) is 0 Å². The molecule has 0 atom stereocenters. The topological polar surface area (TPSA) is 79.8 Å². The van der Waals surface area contributed by atoms with Gasteiger partial charge in [0.15, 0.2) is 0 Å². The first-order valence-electron chi connectivity index (χ1n) is 6.12. The first-order chi connectivity index (χ1) is 9.67. The van der Waals surface area contributed by atoms with Crippen molar-refractivity contribution >= 4 is 18.0 Å². The van der Waals surface area contributed by atoms with Gasteiger partial charge < -0.3 is 10.1 Å². The lowest BCUT2D eigenvalue weighted by atomic mass is 10.2. The first-order valence-corrected chi connectivity index (χ1v) is 6.12. The summed E-state index contributed by atoms with van der Waals surface area (Å²) in [5.41, 5.74) is 2.91. The normalized spacial score (nSPS) is 10.1. The van der Waals surface area contributed by atoms with Gasteiger partial charge in [-0.25, -0.2) is 5.43 Å². The molecule has 0 saturated heterocycles. The highest BCUT2D eigenvalue weighted by Gasteiger charge is 2.09. The number of nitrogens with one attached hydrogen (secondary N) is 2. The molecule has 0 radical (unpaired) electrons. The maximum Gasteiger partial charge on any atom is 0.329 e. The van der Waals surface area contributed by atoms with Gasteiger partial charge in [0.25, 0.3) is 0 Å². The highest BCUT2D eigenvalue weighted by molar-refractivity contribution is 6.35. The summed E-state index contributed by atoms with van der Waals surface area (Å²) in [5, 5.41) is 6.07. The van der Waals surface area contributed by atoms with Crippen molar-refractivity contribution in [3.8, 4) is 5.75 Å². The number of ether oxygens (including phenoxy) is 1. The van der Waals surface area contributed by atoms with Crippen LogP contribution in [-0.4, -0.2) is 31.2 Å². The molecule has 106 valence electrons. The van der Waals surface area contributed by atoms with Gasteiger partial charge in [0.05, 0.1) is 6.21 Å². The van der Waals surface area contributed by atoms with E-state index in [1.165, 1.54) is 6.21 Å². The predicted octanol–water partition coefficient (Wildman–Crippen LogP) is 0.838. The third kappa shape index (κ3) is 5.34. The summed E-state index contributed by atoms with van der Waals surface area (Å²) in [6.07, 6.45) is 3.10. The van der Waals surface area contributed by atoms with E-state index in [9.17, 15) is 9.59 Å². The number of hydrogen-bond donors (Lipinski definition) is 2. The molecular weight excluding hydrogens is 258 g/mol. The third-order valence-corrected chi connectivity index (χ3v) is 2.17. The Kier molecular flexibility index (Phi) is 6.53. The minimum absolute atomic E-state index is 0.391. The predicted molar refractivity (Wildman–Crippen MR) is 76.6 cm³/mol. The molecule has 0 heterocycles. The summed E-state index contributed by atoms with van der Waals surface area (Å²) in [5.74, 6) is -0.791. The number of amides is 2. The number of carbonyl (C=O) groups is 2. The standard InChI is InChI=1S/C14H17N3O3/c1-3-9-20-12-7-5-11(6-8-12)10-16-17-14(19)13(18)15-4-2/h3,5-8,10H,1,4,9H2,2H3,(H,15,18)(H,17,19)/b16-10-. The van der Waals surface area contributed by atoms with Crippen LogP contribution in [0.4, 0.5) is 0 Å². The second-order valence-electron chi connectivity index (χ2n) is 3.73. The summed E-state index contributed by atoms with van der Waals surface area (Å²) in [4.78, 5) is 22.3. The van der Waals surface area contributed by atoms with Crippen molar-refractivity contribution in [1.29, 1.82) is 0 Å². The lowest BCUT2D eigenvalue weighted by Crippen LogP contribution is -2.37. The van der Waals surface area contributed by atoms with Gasteiger partial charge in [-0.05, 0) is 36.8 Å². The van der Waals surface area contributed by atoms with Crippen LogP contribution in [0.1, 0.15) is 12.5 Å². The van der Waals surface area contributed by atoms with E-state index in [0.29, 0.717) is 18.9 Å². The molecule has 2 N–H and O–H groups in total. The zero-order valence-electron chi connectivity index (χ0n) is 11.3. The fourth-order valence-corrected chi connectivity index (χ4v) is 1.26. The van der Waals surface area contributed by atoms with Crippen LogP contribution in [0.2, 0.25) is 0 Å². The first kappa shape index (κ1) is 15.4. The quantitative estimate of drug-likeness (QED) is 0.349. The summed E-state index contributed by atoms with van der Waals surface area (Å²) >= 11 is 0. The maximum atomic E-state index is 11.2. The minimum Gasteiger partial charge on any atom is -0.490 e. The highest BCUT2D eigenvalue weighted by Crippen LogP contribution is 2.10. The second-order valence-corrected chi connectivity index (χ2v) is 3.73. The van der Waals surface area contributed by atoms with Gasteiger partial charge in [-0.1, -0.05) is 12.7 Å². The van der Waals surface area contributed by atoms with E-state index >= 15 is 0 Å². The van der Waals surface area contributed by atoms with Crippen LogP contribution in [0, 0.1) is 0 Å². The lowest BCUT2D eigenvalue weighted by Gasteiger charge is -2.02. The van der Waals surface area contributed by atoms with Crippen molar-refractivity contribution in [1.82, 2.24) is 10.7 Å². The van der Waals surface area contributed by atoms with E-state index in [2.05, 4.69) is 22.4 Å². The molecule has 0 aliphatic heterocycles. The number of hydrazone groups is 1. The SMILES string of the molecule is C=CCOc1ccc(/C=N\NC(=O)C(=O)NCC)cc1. The molecule has 0 aromatic heterocycles. The summed E-state index contributed by atoms with van der Waals surface area (Å²) in [6, 6.07) is 7.10. The summed E-state index contributed by atoms with van der Waals surface area (Å²) in [7, 11) is 0. The van der Waals surface area contributed by atoms with Crippen molar-refractivity contribution in [2.24, 2.45) is 5.10 Å². The van der Waals surface area contributed by atoms with Gasteiger partial charge in [0, 0.05) is 6.54 Å². The lowest BCUT2D eigenvalue weighted by molar-refractivity contribution is -0.139. The Morgan fingerprint density at radius 2 is 2.00 bits per heavy atom. The van der Waals surface area contributed by atoms with Crippen molar-refractivity contribution in [3.05, 3.63) is 42.5 Å². The van der Waals surface area contributed by atoms with Gasteiger partial charge in [0.2, 0.25) is 0 Å². The Balaban J connectivity index is 2.47. The molecule has 1 rings (SSSR count). The average Bonchev–Trinajstić information content (AvgIpc) is 2.46. The number of benzene rings is 1.